The normalized spacial score (nSPS) is 14.4. The molecule has 2 N–H and O–H groups in total. The number of fused-ring (bicyclic) bond motifs is 4. The van der Waals surface area contributed by atoms with E-state index in [9.17, 15) is 0 Å². The van der Waals surface area contributed by atoms with Gasteiger partial charge < -0.3 is 5.73 Å². The van der Waals surface area contributed by atoms with Crippen LogP contribution in [-0.4, -0.2) is 15.0 Å². The number of anilines is 1. The zero-order valence-electron chi connectivity index (χ0n) is 10.7. The first-order valence-electron chi connectivity index (χ1n) is 6.63. The molecule has 5 heteroatoms. The molecule has 3 aromatic heterocycles. The Labute approximate surface area is 114 Å². The number of aromatic nitrogens is 3. The molecular weight excluding hydrogens is 256 g/mol. The van der Waals surface area contributed by atoms with Crippen LogP contribution in [0.4, 0.5) is 5.82 Å². The maximum absolute atomic E-state index is 5.97. The molecule has 0 bridgehead atoms. The molecule has 0 spiro atoms. The Morgan fingerprint density at radius 1 is 1.32 bits per heavy atom. The van der Waals surface area contributed by atoms with Gasteiger partial charge >= 0.3 is 0 Å². The number of aryl methyl sites for hydroxylation is 2. The van der Waals surface area contributed by atoms with E-state index in [4.69, 9.17) is 10.7 Å². The summed E-state index contributed by atoms with van der Waals surface area (Å²) < 4.78 is 0.975. The van der Waals surface area contributed by atoms with Gasteiger partial charge in [-0.2, -0.15) is 0 Å². The van der Waals surface area contributed by atoms with Gasteiger partial charge in [-0.3, -0.25) is 0 Å². The number of thiophene rings is 1. The molecule has 3 aromatic rings. The fourth-order valence-electron chi connectivity index (χ4n) is 3.11. The molecule has 0 atom stereocenters. The van der Waals surface area contributed by atoms with Crippen molar-refractivity contribution in [1.29, 1.82) is 0 Å². The van der Waals surface area contributed by atoms with Crippen LogP contribution in [0.1, 0.15) is 30.2 Å². The third-order valence-electron chi connectivity index (χ3n) is 3.93. The lowest BCUT2D eigenvalue weighted by atomic mass is 10.0. The second-order valence-electron chi connectivity index (χ2n) is 4.94. The van der Waals surface area contributed by atoms with Gasteiger partial charge in [0.1, 0.15) is 17.0 Å². The molecule has 0 saturated heterocycles. The smallest absolute Gasteiger partial charge is 0.144 e. The molecule has 0 saturated carbocycles. The Bertz CT molecular complexity index is 806. The number of pyridine rings is 1. The Hall–Kier alpha value is -1.75. The first kappa shape index (κ1) is 11.1. The number of nitrogen functional groups attached to an aromatic ring is 1. The minimum absolute atomic E-state index is 0.565. The topological polar surface area (TPSA) is 64.7 Å². The molecule has 0 fully saturated rings. The molecule has 4 rings (SSSR count). The Morgan fingerprint density at radius 3 is 3.05 bits per heavy atom. The molecule has 0 aromatic carbocycles. The first-order chi connectivity index (χ1) is 9.29. The van der Waals surface area contributed by atoms with Crippen LogP contribution in [0.25, 0.3) is 20.4 Å². The van der Waals surface area contributed by atoms with Gasteiger partial charge in [0, 0.05) is 11.1 Å². The highest BCUT2D eigenvalue weighted by molar-refractivity contribution is 7.26. The Morgan fingerprint density at radius 2 is 2.21 bits per heavy atom. The van der Waals surface area contributed by atoms with Gasteiger partial charge in [-0.25, -0.2) is 15.0 Å². The van der Waals surface area contributed by atoms with Crippen molar-refractivity contribution in [3.8, 4) is 0 Å². The van der Waals surface area contributed by atoms with E-state index in [0.29, 0.717) is 5.82 Å². The quantitative estimate of drug-likeness (QED) is 0.738. The molecule has 19 heavy (non-hydrogen) atoms. The summed E-state index contributed by atoms with van der Waals surface area (Å²) in [7, 11) is 0. The number of rotatable bonds is 1. The molecule has 0 aliphatic heterocycles. The summed E-state index contributed by atoms with van der Waals surface area (Å²) in [5.74, 6) is 0.565. The van der Waals surface area contributed by atoms with Crippen molar-refractivity contribution in [3.05, 3.63) is 23.1 Å². The van der Waals surface area contributed by atoms with Crippen molar-refractivity contribution in [2.75, 3.05) is 5.73 Å². The van der Waals surface area contributed by atoms with Gasteiger partial charge in [0.15, 0.2) is 0 Å². The maximum atomic E-state index is 5.97. The molecule has 4 nitrogen and oxygen atoms in total. The molecule has 0 amide bonds. The minimum Gasteiger partial charge on any atom is -0.382 e. The number of hydrogen-bond acceptors (Lipinski definition) is 5. The SMILES string of the molecule is CCc1c2c(nc3sc4c(N)ncnc4c13)CCC2. The van der Waals surface area contributed by atoms with Crippen LogP contribution in [-0.2, 0) is 19.3 Å². The second-order valence-corrected chi connectivity index (χ2v) is 5.94. The van der Waals surface area contributed by atoms with E-state index in [1.54, 1.807) is 17.7 Å². The summed E-state index contributed by atoms with van der Waals surface area (Å²) in [6.45, 7) is 2.21. The molecule has 0 radical (unpaired) electrons. The summed E-state index contributed by atoms with van der Waals surface area (Å²) in [6.07, 6.45) is 6.06. The van der Waals surface area contributed by atoms with Gasteiger partial charge in [0.05, 0.1) is 10.2 Å². The molecular formula is C14H14N4S. The third-order valence-corrected chi connectivity index (χ3v) is 5.02. The van der Waals surface area contributed by atoms with Gasteiger partial charge in [0.25, 0.3) is 0 Å². The largest absolute Gasteiger partial charge is 0.382 e. The number of nitrogens with two attached hydrogens (primary N) is 1. The second kappa shape index (κ2) is 3.87. The summed E-state index contributed by atoms with van der Waals surface area (Å²) in [4.78, 5) is 14.4. The van der Waals surface area contributed by atoms with E-state index in [1.165, 1.54) is 28.6 Å². The van der Waals surface area contributed by atoms with Crippen LogP contribution in [0.2, 0.25) is 0 Å². The Balaban J connectivity index is 2.23. The Kier molecular flexibility index (Phi) is 2.26. The zero-order valence-corrected chi connectivity index (χ0v) is 11.5. The van der Waals surface area contributed by atoms with E-state index in [-0.39, 0.29) is 0 Å². The predicted molar refractivity (Wildman–Crippen MR) is 78.5 cm³/mol. The summed E-state index contributed by atoms with van der Waals surface area (Å²) in [6, 6.07) is 0. The highest BCUT2D eigenvalue weighted by atomic mass is 32.1. The van der Waals surface area contributed by atoms with E-state index in [1.807, 2.05) is 0 Å². The molecule has 0 unspecified atom stereocenters. The fraction of sp³-hybridized carbons (Fsp3) is 0.357. The van der Waals surface area contributed by atoms with Crippen molar-refractivity contribution in [3.63, 3.8) is 0 Å². The average Bonchev–Trinajstić information content (AvgIpc) is 3.01. The van der Waals surface area contributed by atoms with Gasteiger partial charge in [0.2, 0.25) is 0 Å². The van der Waals surface area contributed by atoms with Gasteiger partial charge in [-0.15, -0.1) is 11.3 Å². The lowest BCUT2D eigenvalue weighted by molar-refractivity contribution is 0.898. The van der Waals surface area contributed by atoms with Crippen LogP contribution in [0.3, 0.4) is 0 Å². The van der Waals surface area contributed by atoms with Gasteiger partial charge in [-0.1, -0.05) is 6.92 Å². The van der Waals surface area contributed by atoms with Crippen LogP contribution < -0.4 is 5.73 Å². The van der Waals surface area contributed by atoms with Crippen molar-refractivity contribution in [2.45, 2.75) is 32.6 Å². The average molecular weight is 270 g/mol. The lowest BCUT2D eigenvalue weighted by Crippen LogP contribution is -1.96. The molecule has 3 heterocycles. The van der Waals surface area contributed by atoms with Crippen molar-refractivity contribution in [2.24, 2.45) is 0 Å². The molecule has 96 valence electrons. The maximum Gasteiger partial charge on any atom is 0.144 e. The van der Waals surface area contributed by atoms with Gasteiger partial charge in [-0.05, 0) is 36.8 Å². The van der Waals surface area contributed by atoms with Crippen LogP contribution >= 0.6 is 11.3 Å². The lowest BCUT2D eigenvalue weighted by Gasteiger charge is -2.07. The molecule has 1 aliphatic rings. The van der Waals surface area contributed by atoms with E-state index in [0.717, 1.165) is 34.3 Å². The summed E-state index contributed by atoms with van der Waals surface area (Å²) in [5, 5.41) is 1.21. The van der Waals surface area contributed by atoms with E-state index >= 15 is 0 Å². The number of hydrogen-bond donors (Lipinski definition) is 1. The number of nitrogens with zero attached hydrogens (tertiary/aromatic N) is 3. The fourth-order valence-corrected chi connectivity index (χ4v) is 4.19. The summed E-state index contributed by atoms with van der Waals surface area (Å²) >= 11 is 1.62. The monoisotopic (exact) mass is 270 g/mol. The van der Waals surface area contributed by atoms with Crippen molar-refractivity contribution < 1.29 is 0 Å². The highest BCUT2D eigenvalue weighted by Crippen LogP contribution is 2.39. The zero-order chi connectivity index (χ0) is 13.0. The first-order valence-corrected chi connectivity index (χ1v) is 7.44. The van der Waals surface area contributed by atoms with Crippen LogP contribution in [0.5, 0.6) is 0 Å². The third kappa shape index (κ3) is 1.42. The predicted octanol–water partition coefficient (Wildman–Crippen LogP) is 2.87. The summed E-state index contributed by atoms with van der Waals surface area (Å²) in [5.41, 5.74) is 11.1. The highest BCUT2D eigenvalue weighted by Gasteiger charge is 2.22. The van der Waals surface area contributed by atoms with Crippen molar-refractivity contribution >= 4 is 37.6 Å². The van der Waals surface area contributed by atoms with Crippen LogP contribution in [0, 0.1) is 0 Å². The van der Waals surface area contributed by atoms with E-state index < -0.39 is 0 Å². The van der Waals surface area contributed by atoms with Crippen molar-refractivity contribution in [1.82, 2.24) is 15.0 Å². The molecule has 1 aliphatic carbocycles. The minimum atomic E-state index is 0.565. The van der Waals surface area contributed by atoms with E-state index in [2.05, 4.69) is 16.9 Å². The standard InChI is InChI=1S/C14H14N4S/c1-2-7-8-4-3-5-9(8)18-14-10(7)11-12(19-14)13(15)17-6-16-11/h6H,2-5H2,1H3,(H2,15,16,17). The van der Waals surface area contributed by atoms with Crippen LogP contribution in [0.15, 0.2) is 6.33 Å².